The highest BCUT2D eigenvalue weighted by atomic mass is 35.5. The van der Waals surface area contributed by atoms with Crippen molar-refractivity contribution in [1.82, 2.24) is 0 Å². The molecule has 1 heterocycles. The number of hydrogen-bond acceptors (Lipinski definition) is 3. The summed E-state index contributed by atoms with van der Waals surface area (Å²) in [4.78, 5) is 13.1. The normalized spacial score (nSPS) is 11.8. The minimum absolute atomic E-state index is 0.172. The van der Waals surface area contributed by atoms with Crippen LogP contribution in [0.2, 0.25) is 5.02 Å². The lowest BCUT2D eigenvalue weighted by Crippen LogP contribution is -2.11. The van der Waals surface area contributed by atoms with Crippen molar-refractivity contribution in [2.24, 2.45) is 0 Å². The fourth-order valence-electron chi connectivity index (χ4n) is 1.77. The van der Waals surface area contributed by atoms with E-state index in [-0.39, 0.29) is 5.78 Å². The van der Waals surface area contributed by atoms with E-state index in [4.69, 9.17) is 11.6 Å². The summed E-state index contributed by atoms with van der Waals surface area (Å²) in [6.07, 6.45) is 0. The number of benzene rings is 1. The minimum atomic E-state index is -0.732. The van der Waals surface area contributed by atoms with Crippen molar-refractivity contribution >= 4 is 28.7 Å². The van der Waals surface area contributed by atoms with Crippen molar-refractivity contribution in [1.29, 1.82) is 5.26 Å². The van der Waals surface area contributed by atoms with Gasteiger partial charge in [-0.25, -0.2) is 0 Å². The highest BCUT2D eigenvalue weighted by molar-refractivity contribution is 7.10. The van der Waals surface area contributed by atoms with Crippen LogP contribution in [0, 0.1) is 18.3 Å². The van der Waals surface area contributed by atoms with Crippen molar-refractivity contribution < 1.29 is 4.79 Å². The number of Topliss-reactive ketones (excluding diaryl/α,β-unsaturated/α-hetero) is 1. The summed E-state index contributed by atoms with van der Waals surface area (Å²) in [5, 5.41) is 11.6. The third-order valence-electron chi connectivity index (χ3n) is 2.67. The third-order valence-corrected chi connectivity index (χ3v) is 3.85. The van der Waals surface area contributed by atoms with E-state index < -0.39 is 5.92 Å². The Morgan fingerprint density at radius 1 is 1.44 bits per heavy atom. The van der Waals surface area contributed by atoms with Crippen molar-refractivity contribution in [3.8, 4) is 6.07 Å². The zero-order valence-electron chi connectivity index (χ0n) is 9.68. The molecule has 0 fully saturated rings. The molecule has 90 valence electrons. The SMILES string of the molecule is Cc1cc(Cl)ccc1C(=O)C(C#N)c1cccs1. The van der Waals surface area contributed by atoms with Gasteiger partial charge in [-0.1, -0.05) is 17.7 Å². The predicted octanol–water partition coefficient (Wildman–Crippen LogP) is 4.20. The standard InChI is InChI=1S/C14H10ClNOS/c1-9-7-10(15)4-5-11(9)14(17)12(8-16)13-3-2-6-18-13/h2-7,12H,1H3. The van der Waals surface area contributed by atoms with Crippen LogP contribution in [0.15, 0.2) is 35.7 Å². The number of rotatable bonds is 3. The van der Waals surface area contributed by atoms with Gasteiger partial charge in [0.15, 0.2) is 5.78 Å². The molecule has 4 heteroatoms. The molecule has 0 saturated carbocycles. The number of thiophene rings is 1. The molecule has 0 aliphatic carbocycles. The number of nitrogens with zero attached hydrogens (tertiary/aromatic N) is 1. The third kappa shape index (κ3) is 2.45. The second-order valence-electron chi connectivity index (χ2n) is 3.90. The second-order valence-corrected chi connectivity index (χ2v) is 5.32. The molecule has 2 rings (SSSR count). The molecule has 0 saturated heterocycles. The number of ketones is 1. The summed E-state index contributed by atoms with van der Waals surface area (Å²) in [6.45, 7) is 1.82. The predicted molar refractivity (Wildman–Crippen MR) is 73.2 cm³/mol. The lowest BCUT2D eigenvalue weighted by molar-refractivity contribution is 0.0979. The number of hydrogen-bond donors (Lipinski definition) is 0. The zero-order valence-corrected chi connectivity index (χ0v) is 11.3. The first-order valence-corrected chi connectivity index (χ1v) is 6.62. The van der Waals surface area contributed by atoms with Crippen LogP contribution >= 0.6 is 22.9 Å². The van der Waals surface area contributed by atoms with Gasteiger partial charge in [0.25, 0.3) is 0 Å². The molecule has 0 radical (unpaired) electrons. The fraction of sp³-hybridized carbons (Fsp3) is 0.143. The number of aryl methyl sites for hydroxylation is 1. The molecule has 0 amide bonds. The average Bonchev–Trinajstić information content (AvgIpc) is 2.83. The van der Waals surface area contributed by atoms with Crippen molar-refractivity contribution in [2.75, 3.05) is 0 Å². The molecule has 0 spiro atoms. The van der Waals surface area contributed by atoms with Crippen molar-refractivity contribution in [3.05, 3.63) is 56.7 Å². The van der Waals surface area contributed by atoms with Crippen LogP contribution in [-0.4, -0.2) is 5.78 Å². The van der Waals surface area contributed by atoms with Crippen LogP contribution in [0.3, 0.4) is 0 Å². The topological polar surface area (TPSA) is 40.9 Å². The van der Waals surface area contributed by atoms with E-state index in [9.17, 15) is 10.1 Å². The number of nitriles is 1. The molecule has 1 unspecified atom stereocenters. The van der Waals surface area contributed by atoms with E-state index in [0.29, 0.717) is 10.6 Å². The van der Waals surface area contributed by atoms with Crippen LogP contribution < -0.4 is 0 Å². The van der Waals surface area contributed by atoms with Gasteiger partial charge in [0, 0.05) is 15.5 Å². The van der Waals surface area contributed by atoms with E-state index in [2.05, 4.69) is 6.07 Å². The average molecular weight is 276 g/mol. The Bertz CT molecular complexity index is 613. The quantitative estimate of drug-likeness (QED) is 0.788. The summed E-state index contributed by atoms with van der Waals surface area (Å²) in [5.41, 5.74) is 1.35. The van der Waals surface area contributed by atoms with Gasteiger partial charge in [0.1, 0.15) is 5.92 Å². The highest BCUT2D eigenvalue weighted by Gasteiger charge is 2.23. The Labute approximate surface area is 114 Å². The molecule has 1 aromatic carbocycles. The highest BCUT2D eigenvalue weighted by Crippen LogP contribution is 2.26. The van der Waals surface area contributed by atoms with Crippen LogP contribution in [0.5, 0.6) is 0 Å². The van der Waals surface area contributed by atoms with Crippen LogP contribution in [-0.2, 0) is 0 Å². The summed E-state index contributed by atoms with van der Waals surface area (Å²) < 4.78 is 0. The maximum Gasteiger partial charge on any atom is 0.185 e. The molecule has 0 aliphatic heterocycles. The van der Waals surface area contributed by atoms with E-state index in [1.165, 1.54) is 11.3 Å². The second kappa shape index (κ2) is 5.34. The van der Waals surface area contributed by atoms with Gasteiger partial charge in [0.05, 0.1) is 6.07 Å². The largest absolute Gasteiger partial charge is 0.292 e. The van der Waals surface area contributed by atoms with E-state index in [0.717, 1.165) is 10.4 Å². The lowest BCUT2D eigenvalue weighted by atomic mass is 9.94. The summed E-state index contributed by atoms with van der Waals surface area (Å²) in [6, 6.07) is 10.8. The Hall–Kier alpha value is -1.63. The molecule has 0 aliphatic rings. The monoisotopic (exact) mass is 275 g/mol. The van der Waals surface area contributed by atoms with Gasteiger partial charge in [-0.3, -0.25) is 4.79 Å². The lowest BCUT2D eigenvalue weighted by Gasteiger charge is -2.09. The molecule has 2 aromatic rings. The Morgan fingerprint density at radius 2 is 2.22 bits per heavy atom. The maximum absolute atomic E-state index is 12.3. The molecular weight excluding hydrogens is 266 g/mol. The number of halogens is 1. The molecule has 0 bridgehead atoms. The summed E-state index contributed by atoms with van der Waals surface area (Å²) in [5.74, 6) is -0.904. The van der Waals surface area contributed by atoms with E-state index in [1.54, 1.807) is 18.2 Å². The van der Waals surface area contributed by atoms with Gasteiger partial charge < -0.3 is 0 Å². The summed E-state index contributed by atoms with van der Waals surface area (Å²) >= 11 is 7.28. The first-order valence-electron chi connectivity index (χ1n) is 5.37. The summed E-state index contributed by atoms with van der Waals surface area (Å²) in [7, 11) is 0. The number of carbonyl (C=O) groups is 1. The molecule has 2 nitrogen and oxygen atoms in total. The van der Waals surface area contributed by atoms with Crippen LogP contribution in [0.4, 0.5) is 0 Å². The Balaban J connectivity index is 2.39. The minimum Gasteiger partial charge on any atom is -0.292 e. The molecule has 1 aromatic heterocycles. The molecule has 18 heavy (non-hydrogen) atoms. The van der Waals surface area contributed by atoms with Gasteiger partial charge in [-0.15, -0.1) is 11.3 Å². The fourth-order valence-corrected chi connectivity index (χ4v) is 2.76. The Kier molecular flexibility index (Phi) is 3.81. The van der Waals surface area contributed by atoms with Gasteiger partial charge in [-0.05, 0) is 42.1 Å². The number of carbonyl (C=O) groups excluding carboxylic acids is 1. The van der Waals surface area contributed by atoms with Gasteiger partial charge in [-0.2, -0.15) is 5.26 Å². The first kappa shape index (κ1) is 12.8. The van der Waals surface area contributed by atoms with Crippen LogP contribution in [0.25, 0.3) is 0 Å². The van der Waals surface area contributed by atoms with Crippen molar-refractivity contribution in [2.45, 2.75) is 12.8 Å². The van der Waals surface area contributed by atoms with E-state index >= 15 is 0 Å². The molecule has 0 N–H and O–H groups in total. The van der Waals surface area contributed by atoms with E-state index in [1.807, 2.05) is 24.4 Å². The zero-order chi connectivity index (χ0) is 13.1. The van der Waals surface area contributed by atoms with Gasteiger partial charge >= 0.3 is 0 Å². The molecular formula is C14H10ClNOS. The smallest absolute Gasteiger partial charge is 0.185 e. The van der Waals surface area contributed by atoms with Crippen molar-refractivity contribution in [3.63, 3.8) is 0 Å². The first-order chi connectivity index (χ1) is 8.63. The van der Waals surface area contributed by atoms with Gasteiger partial charge in [0.2, 0.25) is 0 Å². The Morgan fingerprint density at radius 3 is 2.78 bits per heavy atom. The maximum atomic E-state index is 12.3. The molecule has 1 atom stereocenters. The van der Waals surface area contributed by atoms with Crippen LogP contribution in [0.1, 0.15) is 26.7 Å².